The molecule has 0 aliphatic rings. The number of aromatic nitrogens is 2. The van der Waals surface area contributed by atoms with Crippen LogP contribution in [0.15, 0.2) is 24.5 Å². The van der Waals surface area contributed by atoms with E-state index in [4.69, 9.17) is 14.7 Å². The summed E-state index contributed by atoms with van der Waals surface area (Å²) in [6, 6.07) is 7.07. The highest BCUT2D eigenvalue weighted by Crippen LogP contribution is 2.30. The van der Waals surface area contributed by atoms with Crippen LogP contribution in [0.3, 0.4) is 0 Å². The van der Waals surface area contributed by atoms with Gasteiger partial charge < -0.3 is 14.8 Å². The number of benzene rings is 1. The summed E-state index contributed by atoms with van der Waals surface area (Å²) in [5, 5.41) is 12.0. The summed E-state index contributed by atoms with van der Waals surface area (Å²) in [6.07, 6.45) is 2.16. The number of rotatable bonds is 5. The molecule has 0 atom stereocenters. The SMILES string of the molecule is CCc1c(NC)ncnc1Oc1cc(C#N)cc(OC)c1. The number of ether oxygens (including phenoxy) is 2. The molecule has 0 radical (unpaired) electrons. The third-order valence-corrected chi connectivity index (χ3v) is 2.96. The van der Waals surface area contributed by atoms with Crippen LogP contribution >= 0.6 is 0 Å². The van der Waals surface area contributed by atoms with E-state index in [-0.39, 0.29) is 0 Å². The summed E-state index contributed by atoms with van der Waals surface area (Å²) in [5.41, 5.74) is 1.34. The summed E-state index contributed by atoms with van der Waals surface area (Å²) < 4.78 is 11.0. The van der Waals surface area contributed by atoms with Gasteiger partial charge in [0, 0.05) is 13.1 Å². The molecule has 0 amide bonds. The molecule has 0 fully saturated rings. The Morgan fingerprint density at radius 2 is 2.00 bits per heavy atom. The van der Waals surface area contributed by atoms with E-state index in [0.717, 1.165) is 17.8 Å². The van der Waals surface area contributed by atoms with Crippen molar-refractivity contribution in [3.05, 3.63) is 35.7 Å². The van der Waals surface area contributed by atoms with Crippen molar-refractivity contribution in [2.24, 2.45) is 0 Å². The second kappa shape index (κ2) is 6.57. The zero-order chi connectivity index (χ0) is 15.2. The summed E-state index contributed by atoms with van der Waals surface area (Å²) in [7, 11) is 3.34. The first-order valence-corrected chi connectivity index (χ1v) is 6.50. The van der Waals surface area contributed by atoms with Gasteiger partial charge in [-0.25, -0.2) is 9.97 Å². The molecular weight excluding hydrogens is 268 g/mol. The Balaban J connectivity index is 2.41. The molecule has 0 aliphatic carbocycles. The first kappa shape index (κ1) is 14.6. The number of anilines is 1. The standard InChI is InChI=1S/C15H16N4O2/c1-4-13-14(17-2)18-9-19-15(13)21-12-6-10(8-16)5-11(7-12)20-3/h5-7,9H,4H2,1-3H3,(H,17,18,19). The number of nitrogens with zero attached hydrogens (tertiary/aromatic N) is 3. The molecule has 1 aromatic carbocycles. The zero-order valence-corrected chi connectivity index (χ0v) is 12.2. The summed E-state index contributed by atoms with van der Waals surface area (Å²) >= 11 is 0. The Kier molecular flexibility index (Phi) is 4.57. The third-order valence-electron chi connectivity index (χ3n) is 2.96. The minimum Gasteiger partial charge on any atom is -0.497 e. The van der Waals surface area contributed by atoms with Crippen LogP contribution in [0.4, 0.5) is 5.82 Å². The Hall–Kier alpha value is -2.81. The molecule has 0 saturated heterocycles. The van der Waals surface area contributed by atoms with Gasteiger partial charge in [0.2, 0.25) is 5.88 Å². The predicted molar refractivity (Wildman–Crippen MR) is 78.7 cm³/mol. The average Bonchev–Trinajstić information content (AvgIpc) is 2.54. The smallest absolute Gasteiger partial charge is 0.227 e. The lowest BCUT2D eigenvalue weighted by Gasteiger charge is -2.12. The number of hydrogen-bond donors (Lipinski definition) is 1. The Bertz CT molecular complexity index is 680. The molecule has 0 bridgehead atoms. The quantitative estimate of drug-likeness (QED) is 0.909. The fourth-order valence-electron chi connectivity index (χ4n) is 1.94. The number of hydrogen-bond acceptors (Lipinski definition) is 6. The maximum atomic E-state index is 9.03. The van der Waals surface area contributed by atoms with E-state index in [9.17, 15) is 0 Å². The van der Waals surface area contributed by atoms with Crippen molar-refractivity contribution in [3.8, 4) is 23.4 Å². The number of nitriles is 1. The number of nitrogens with one attached hydrogen (secondary N) is 1. The summed E-state index contributed by atoms with van der Waals surface area (Å²) in [6.45, 7) is 2.00. The monoisotopic (exact) mass is 284 g/mol. The molecule has 0 spiro atoms. The van der Waals surface area contributed by atoms with Crippen molar-refractivity contribution < 1.29 is 9.47 Å². The van der Waals surface area contributed by atoms with Crippen molar-refractivity contribution in [2.45, 2.75) is 13.3 Å². The highest BCUT2D eigenvalue weighted by molar-refractivity contribution is 5.50. The van der Waals surface area contributed by atoms with Gasteiger partial charge in [-0.3, -0.25) is 0 Å². The van der Waals surface area contributed by atoms with E-state index >= 15 is 0 Å². The van der Waals surface area contributed by atoms with Crippen LogP contribution < -0.4 is 14.8 Å². The maximum Gasteiger partial charge on any atom is 0.227 e. The van der Waals surface area contributed by atoms with E-state index in [1.54, 1.807) is 32.4 Å². The van der Waals surface area contributed by atoms with Crippen LogP contribution in [0.2, 0.25) is 0 Å². The molecule has 21 heavy (non-hydrogen) atoms. The molecule has 6 heteroatoms. The molecule has 0 saturated carbocycles. The third kappa shape index (κ3) is 3.20. The van der Waals surface area contributed by atoms with Gasteiger partial charge in [0.25, 0.3) is 0 Å². The van der Waals surface area contributed by atoms with Crippen molar-refractivity contribution in [1.29, 1.82) is 5.26 Å². The molecule has 6 nitrogen and oxygen atoms in total. The van der Waals surface area contributed by atoms with Gasteiger partial charge in [0.1, 0.15) is 23.6 Å². The topological polar surface area (TPSA) is 80.1 Å². The predicted octanol–water partition coefficient (Wildman–Crippen LogP) is 2.75. The van der Waals surface area contributed by atoms with Crippen LogP contribution in [0, 0.1) is 11.3 Å². The van der Waals surface area contributed by atoms with Crippen LogP contribution in [0.1, 0.15) is 18.1 Å². The van der Waals surface area contributed by atoms with Crippen LogP contribution in [0.25, 0.3) is 0 Å². The lowest BCUT2D eigenvalue weighted by atomic mass is 10.2. The molecular formula is C15H16N4O2. The Morgan fingerprint density at radius 1 is 1.24 bits per heavy atom. The Labute approximate surface area is 123 Å². The second-order valence-corrected chi connectivity index (χ2v) is 4.22. The zero-order valence-electron chi connectivity index (χ0n) is 12.2. The maximum absolute atomic E-state index is 9.03. The van der Waals surface area contributed by atoms with E-state index in [1.165, 1.54) is 6.33 Å². The number of methoxy groups -OCH3 is 1. The van der Waals surface area contributed by atoms with Crippen molar-refractivity contribution in [1.82, 2.24) is 9.97 Å². The van der Waals surface area contributed by atoms with Gasteiger partial charge in [0.05, 0.1) is 24.3 Å². The largest absolute Gasteiger partial charge is 0.497 e. The minimum absolute atomic E-state index is 0.463. The van der Waals surface area contributed by atoms with Crippen molar-refractivity contribution in [3.63, 3.8) is 0 Å². The lowest BCUT2D eigenvalue weighted by molar-refractivity contribution is 0.406. The van der Waals surface area contributed by atoms with Gasteiger partial charge in [-0.1, -0.05) is 6.92 Å². The molecule has 2 aromatic rings. The van der Waals surface area contributed by atoms with Gasteiger partial charge in [-0.05, 0) is 18.6 Å². The minimum atomic E-state index is 0.463. The highest BCUT2D eigenvalue weighted by Gasteiger charge is 2.12. The fourth-order valence-corrected chi connectivity index (χ4v) is 1.94. The lowest BCUT2D eigenvalue weighted by Crippen LogP contribution is -2.02. The first-order chi connectivity index (χ1) is 10.2. The molecule has 108 valence electrons. The van der Waals surface area contributed by atoms with Crippen LogP contribution in [-0.2, 0) is 6.42 Å². The molecule has 1 aromatic heterocycles. The fraction of sp³-hybridized carbons (Fsp3) is 0.267. The molecule has 2 rings (SSSR count). The van der Waals surface area contributed by atoms with Crippen LogP contribution in [-0.4, -0.2) is 24.1 Å². The van der Waals surface area contributed by atoms with Crippen molar-refractivity contribution >= 4 is 5.82 Å². The van der Waals surface area contributed by atoms with Gasteiger partial charge in [-0.15, -0.1) is 0 Å². The average molecular weight is 284 g/mol. The molecule has 1 N–H and O–H groups in total. The summed E-state index contributed by atoms with van der Waals surface area (Å²) in [4.78, 5) is 8.33. The highest BCUT2D eigenvalue weighted by atomic mass is 16.5. The molecule has 0 unspecified atom stereocenters. The summed E-state index contributed by atoms with van der Waals surface area (Å²) in [5.74, 6) is 2.26. The van der Waals surface area contributed by atoms with Crippen molar-refractivity contribution in [2.75, 3.05) is 19.5 Å². The van der Waals surface area contributed by atoms with Gasteiger partial charge in [-0.2, -0.15) is 5.26 Å². The van der Waals surface area contributed by atoms with E-state index in [0.29, 0.717) is 22.9 Å². The van der Waals surface area contributed by atoms with Gasteiger partial charge >= 0.3 is 0 Å². The normalized spacial score (nSPS) is 9.81. The molecule has 0 aliphatic heterocycles. The van der Waals surface area contributed by atoms with E-state index in [2.05, 4.69) is 21.4 Å². The second-order valence-electron chi connectivity index (χ2n) is 4.22. The van der Waals surface area contributed by atoms with Gasteiger partial charge in [0.15, 0.2) is 0 Å². The first-order valence-electron chi connectivity index (χ1n) is 6.50. The Morgan fingerprint density at radius 3 is 2.62 bits per heavy atom. The van der Waals surface area contributed by atoms with E-state index in [1.807, 2.05) is 6.92 Å². The van der Waals surface area contributed by atoms with E-state index < -0.39 is 0 Å². The molecule has 1 heterocycles. The van der Waals surface area contributed by atoms with Crippen LogP contribution in [0.5, 0.6) is 17.4 Å².